The number of anilines is 1. The van der Waals surface area contributed by atoms with Crippen LogP contribution < -0.4 is 5.32 Å². The molecule has 24 heavy (non-hydrogen) atoms. The summed E-state index contributed by atoms with van der Waals surface area (Å²) in [5.41, 5.74) is 1.76. The van der Waals surface area contributed by atoms with Gasteiger partial charge in [-0.15, -0.1) is 0 Å². The Morgan fingerprint density at radius 3 is 2.38 bits per heavy atom. The molecule has 1 heterocycles. The molecule has 2 amide bonds. The van der Waals surface area contributed by atoms with E-state index in [-0.39, 0.29) is 17.7 Å². The number of thioether (sulfide) groups is 1. The molecule has 0 saturated carbocycles. The normalized spacial score (nSPS) is 16.7. The average Bonchev–Trinajstić information content (AvgIpc) is 2.57. The molecule has 1 aliphatic rings. The number of carbonyl (C=O) groups excluding carboxylic acids is 2. The second kappa shape index (κ2) is 9.08. The molecule has 2 rings (SSSR count). The molecule has 1 aliphatic heterocycles. The third-order valence-corrected chi connectivity index (χ3v) is 5.13. The molecule has 1 atom stereocenters. The van der Waals surface area contributed by atoms with Crippen molar-refractivity contribution in [2.45, 2.75) is 13.3 Å². The molecule has 1 aromatic rings. The molecule has 1 fully saturated rings. The Bertz CT molecular complexity index is 554. The van der Waals surface area contributed by atoms with Gasteiger partial charge in [-0.3, -0.25) is 9.59 Å². The first-order valence-corrected chi connectivity index (χ1v) is 9.74. The standard InChI is InChI=1S/C18H27N3O2S/c1-14(13-24-3)18(23)19-16-6-4-15(5-7-16)12-17(22)21-10-8-20(2)9-11-21/h4-7,14H,8-13H2,1-3H3,(H,19,23). The lowest BCUT2D eigenvalue weighted by atomic mass is 10.1. The van der Waals surface area contributed by atoms with Crippen molar-refractivity contribution in [3.05, 3.63) is 29.8 Å². The summed E-state index contributed by atoms with van der Waals surface area (Å²) in [4.78, 5) is 28.5. The zero-order chi connectivity index (χ0) is 17.5. The lowest BCUT2D eigenvalue weighted by Crippen LogP contribution is -2.47. The van der Waals surface area contributed by atoms with Crippen LogP contribution in [-0.2, 0) is 16.0 Å². The van der Waals surface area contributed by atoms with E-state index in [1.165, 1.54) is 0 Å². The Morgan fingerprint density at radius 1 is 1.17 bits per heavy atom. The van der Waals surface area contributed by atoms with Crippen molar-refractivity contribution >= 4 is 29.3 Å². The van der Waals surface area contributed by atoms with Gasteiger partial charge in [0.15, 0.2) is 0 Å². The van der Waals surface area contributed by atoms with E-state index >= 15 is 0 Å². The predicted molar refractivity (Wildman–Crippen MR) is 100 cm³/mol. The molecule has 1 saturated heterocycles. The Morgan fingerprint density at radius 2 is 1.79 bits per heavy atom. The van der Waals surface area contributed by atoms with Crippen molar-refractivity contribution in [2.75, 3.05) is 50.6 Å². The van der Waals surface area contributed by atoms with Crippen molar-refractivity contribution in [1.29, 1.82) is 0 Å². The maximum absolute atomic E-state index is 12.3. The molecule has 5 nitrogen and oxygen atoms in total. The zero-order valence-electron chi connectivity index (χ0n) is 14.7. The minimum atomic E-state index is -0.0153. The highest BCUT2D eigenvalue weighted by molar-refractivity contribution is 7.98. The number of hydrogen-bond donors (Lipinski definition) is 1. The summed E-state index contributed by atoms with van der Waals surface area (Å²) in [6, 6.07) is 7.58. The molecular weight excluding hydrogens is 322 g/mol. The molecule has 1 aromatic carbocycles. The summed E-state index contributed by atoms with van der Waals surface area (Å²) in [5, 5.41) is 2.92. The van der Waals surface area contributed by atoms with Gasteiger partial charge in [-0.2, -0.15) is 11.8 Å². The summed E-state index contributed by atoms with van der Waals surface area (Å²) < 4.78 is 0. The smallest absolute Gasteiger partial charge is 0.228 e. The van der Waals surface area contributed by atoms with Crippen LogP contribution >= 0.6 is 11.8 Å². The maximum Gasteiger partial charge on any atom is 0.228 e. The third kappa shape index (κ3) is 5.53. The second-order valence-corrected chi connectivity index (χ2v) is 7.31. The van der Waals surface area contributed by atoms with Crippen molar-refractivity contribution in [3.63, 3.8) is 0 Å². The van der Waals surface area contributed by atoms with Crippen LogP contribution in [0.2, 0.25) is 0 Å². The van der Waals surface area contributed by atoms with E-state index in [0.717, 1.165) is 43.2 Å². The van der Waals surface area contributed by atoms with Gasteiger partial charge < -0.3 is 15.1 Å². The van der Waals surface area contributed by atoms with Crippen LogP contribution in [-0.4, -0.2) is 66.8 Å². The number of hydrogen-bond acceptors (Lipinski definition) is 4. The van der Waals surface area contributed by atoms with E-state index in [4.69, 9.17) is 0 Å². The van der Waals surface area contributed by atoms with Crippen LogP contribution in [0.3, 0.4) is 0 Å². The lowest BCUT2D eigenvalue weighted by Gasteiger charge is -2.32. The number of benzene rings is 1. The van der Waals surface area contributed by atoms with Crippen LogP contribution in [0.5, 0.6) is 0 Å². The van der Waals surface area contributed by atoms with Gasteiger partial charge >= 0.3 is 0 Å². The summed E-state index contributed by atoms with van der Waals surface area (Å²) in [6.45, 7) is 5.40. The monoisotopic (exact) mass is 349 g/mol. The molecule has 0 bridgehead atoms. The minimum absolute atomic E-state index is 0.0153. The Hall–Kier alpha value is -1.53. The number of nitrogens with zero attached hydrogens (tertiary/aromatic N) is 2. The van der Waals surface area contributed by atoms with E-state index in [1.807, 2.05) is 42.3 Å². The quantitative estimate of drug-likeness (QED) is 0.853. The fourth-order valence-corrected chi connectivity index (χ4v) is 3.29. The fraction of sp³-hybridized carbons (Fsp3) is 0.556. The summed E-state index contributed by atoms with van der Waals surface area (Å²) >= 11 is 1.67. The van der Waals surface area contributed by atoms with Crippen LogP contribution in [0.1, 0.15) is 12.5 Å². The summed E-state index contributed by atoms with van der Waals surface area (Å²) in [7, 11) is 2.08. The highest BCUT2D eigenvalue weighted by atomic mass is 32.2. The number of piperazine rings is 1. The first kappa shape index (κ1) is 18.8. The van der Waals surface area contributed by atoms with E-state index in [1.54, 1.807) is 11.8 Å². The van der Waals surface area contributed by atoms with Crippen LogP contribution in [0, 0.1) is 5.92 Å². The maximum atomic E-state index is 12.3. The molecule has 1 N–H and O–H groups in total. The van der Waals surface area contributed by atoms with Gasteiger partial charge in [-0.1, -0.05) is 19.1 Å². The average molecular weight is 350 g/mol. The molecule has 0 radical (unpaired) electrons. The number of carbonyl (C=O) groups is 2. The largest absolute Gasteiger partial charge is 0.340 e. The highest BCUT2D eigenvalue weighted by Gasteiger charge is 2.19. The van der Waals surface area contributed by atoms with Crippen molar-refractivity contribution in [2.24, 2.45) is 5.92 Å². The fourth-order valence-electron chi connectivity index (χ4n) is 2.64. The van der Waals surface area contributed by atoms with Gasteiger partial charge in [-0.05, 0) is 31.0 Å². The number of amides is 2. The van der Waals surface area contributed by atoms with Gasteiger partial charge in [0.25, 0.3) is 0 Å². The van der Waals surface area contributed by atoms with Gasteiger partial charge in [0.05, 0.1) is 6.42 Å². The second-order valence-electron chi connectivity index (χ2n) is 6.40. The van der Waals surface area contributed by atoms with Crippen LogP contribution in [0.25, 0.3) is 0 Å². The van der Waals surface area contributed by atoms with E-state index < -0.39 is 0 Å². The molecule has 6 heteroatoms. The van der Waals surface area contributed by atoms with Gasteiger partial charge in [0.1, 0.15) is 0 Å². The Labute approximate surface area is 148 Å². The number of rotatable bonds is 6. The predicted octanol–water partition coefficient (Wildman–Crippen LogP) is 1.94. The van der Waals surface area contributed by atoms with Gasteiger partial charge in [0.2, 0.25) is 11.8 Å². The van der Waals surface area contributed by atoms with Crippen molar-refractivity contribution in [3.8, 4) is 0 Å². The Balaban J connectivity index is 1.85. The first-order valence-electron chi connectivity index (χ1n) is 8.34. The van der Waals surface area contributed by atoms with Gasteiger partial charge in [0, 0.05) is 43.5 Å². The van der Waals surface area contributed by atoms with Gasteiger partial charge in [-0.25, -0.2) is 0 Å². The molecule has 1 unspecified atom stereocenters. The highest BCUT2D eigenvalue weighted by Crippen LogP contribution is 2.14. The molecule has 132 valence electrons. The zero-order valence-corrected chi connectivity index (χ0v) is 15.6. The van der Waals surface area contributed by atoms with Crippen molar-refractivity contribution in [1.82, 2.24) is 9.80 Å². The summed E-state index contributed by atoms with van der Waals surface area (Å²) in [5.74, 6) is 1.00. The molecule has 0 spiro atoms. The Kier molecular flexibility index (Phi) is 7.12. The van der Waals surface area contributed by atoms with E-state index in [2.05, 4.69) is 17.3 Å². The third-order valence-electron chi connectivity index (χ3n) is 4.30. The van der Waals surface area contributed by atoms with E-state index in [9.17, 15) is 9.59 Å². The van der Waals surface area contributed by atoms with Crippen LogP contribution in [0.15, 0.2) is 24.3 Å². The number of likely N-dealkylation sites (N-methyl/N-ethyl adjacent to an activating group) is 1. The molecule has 0 aliphatic carbocycles. The van der Waals surface area contributed by atoms with Crippen molar-refractivity contribution < 1.29 is 9.59 Å². The minimum Gasteiger partial charge on any atom is -0.340 e. The molecular formula is C18H27N3O2S. The SMILES string of the molecule is CSCC(C)C(=O)Nc1ccc(CC(=O)N2CCN(C)CC2)cc1. The number of nitrogens with one attached hydrogen (secondary N) is 1. The van der Waals surface area contributed by atoms with E-state index in [0.29, 0.717) is 6.42 Å². The first-order chi connectivity index (χ1) is 11.5. The summed E-state index contributed by atoms with van der Waals surface area (Å²) in [6.07, 6.45) is 2.41. The topological polar surface area (TPSA) is 52.7 Å². The van der Waals surface area contributed by atoms with Crippen LogP contribution in [0.4, 0.5) is 5.69 Å². The lowest BCUT2D eigenvalue weighted by molar-refractivity contribution is -0.132. The molecule has 0 aromatic heterocycles.